The van der Waals surface area contributed by atoms with Gasteiger partial charge in [0.2, 0.25) is 0 Å². The van der Waals surface area contributed by atoms with Gasteiger partial charge in [0, 0.05) is 6.54 Å². The van der Waals surface area contributed by atoms with E-state index < -0.39 is 35.3 Å². The van der Waals surface area contributed by atoms with E-state index in [-0.39, 0.29) is 12.1 Å². The van der Waals surface area contributed by atoms with Crippen molar-refractivity contribution in [3.05, 3.63) is 35.4 Å². The second-order valence-electron chi connectivity index (χ2n) is 6.41. The van der Waals surface area contributed by atoms with Crippen LogP contribution < -0.4 is 0 Å². The predicted octanol–water partition coefficient (Wildman–Crippen LogP) is 2.34. The van der Waals surface area contributed by atoms with Gasteiger partial charge in [-0.15, -0.1) is 0 Å². The molecule has 0 saturated carbocycles. The first-order valence-electron chi connectivity index (χ1n) is 7.63. The molecule has 2 heterocycles. The van der Waals surface area contributed by atoms with Crippen LogP contribution in [0.3, 0.4) is 0 Å². The molecular formula is C16H17F3N2O3. The van der Waals surface area contributed by atoms with E-state index in [1.165, 1.54) is 24.0 Å². The second-order valence-corrected chi connectivity index (χ2v) is 6.41. The number of hydrogen-bond donors (Lipinski definition) is 1. The number of rotatable bonds is 3. The summed E-state index contributed by atoms with van der Waals surface area (Å²) in [4.78, 5) is 27.0. The lowest BCUT2D eigenvalue weighted by Crippen LogP contribution is -2.43. The molecule has 1 N–H and O–H groups in total. The Hall–Kier alpha value is -2.09. The van der Waals surface area contributed by atoms with Gasteiger partial charge in [0.1, 0.15) is 11.6 Å². The topological polar surface area (TPSA) is 60.9 Å². The zero-order chi connectivity index (χ0) is 17.7. The highest BCUT2D eigenvalue weighted by Crippen LogP contribution is 2.34. The molecule has 2 aliphatic rings. The minimum atomic E-state index is -4.53. The standard InChI is InChI=1S/C16H17F3N2O3/c1-15(24,10-4-2-5-11(8-10)16(17,18)19)9-21-13(22)12-6-3-7-20(12)14(21)23/h2,4-5,8,12,24H,3,6-7,9H2,1H3. The number of alkyl halides is 3. The van der Waals surface area contributed by atoms with E-state index in [1.54, 1.807) is 0 Å². The third-order valence-corrected chi connectivity index (χ3v) is 4.56. The fraction of sp³-hybridized carbons (Fsp3) is 0.500. The van der Waals surface area contributed by atoms with Crippen molar-refractivity contribution < 1.29 is 27.9 Å². The van der Waals surface area contributed by atoms with Crippen molar-refractivity contribution in [3.8, 4) is 0 Å². The summed E-state index contributed by atoms with van der Waals surface area (Å²) in [6.45, 7) is 1.41. The first kappa shape index (κ1) is 16.8. The van der Waals surface area contributed by atoms with Crippen molar-refractivity contribution in [2.45, 2.75) is 37.6 Å². The highest BCUT2D eigenvalue weighted by atomic mass is 19.4. The average molecular weight is 342 g/mol. The van der Waals surface area contributed by atoms with Crippen LogP contribution in [0.2, 0.25) is 0 Å². The lowest BCUT2D eigenvalue weighted by molar-refractivity contribution is -0.138. The maximum atomic E-state index is 12.8. The number of benzene rings is 1. The van der Waals surface area contributed by atoms with Crippen molar-refractivity contribution in [2.24, 2.45) is 0 Å². The van der Waals surface area contributed by atoms with Crippen LogP contribution in [0, 0.1) is 0 Å². The molecule has 130 valence electrons. The Labute approximate surface area is 136 Å². The molecule has 0 aromatic heterocycles. The number of halogens is 3. The van der Waals surface area contributed by atoms with Crippen LogP contribution in [-0.4, -0.2) is 46.0 Å². The minimum absolute atomic E-state index is 0.00462. The van der Waals surface area contributed by atoms with Gasteiger partial charge in [-0.05, 0) is 37.5 Å². The molecule has 1 aromatic carbocycles. The first-order chi connectivity index (χ1) is 11.1. The molecule has 2 atom stereocenters. The lowest BCUT2D eigenvalue weighted by atomic mass is 9.93. The fourth-order valence-corrected chi connectivity index (χ4v) is 3.26. The molecule has 0 aliphatic carbocycles. The van der Waals surface area contributed by atoms with Crippen LogP contribution in [0.4, 0.5) is 18.0 Å². The molecule has 2 saturated heterocycles. The first-order valence-corrected chi connectivity index (χ1v) is 7.63. The van der Waals surface area contributed by atoms with E-state index in [9.17, 15) is 27.9 Å². The van der Waals surface area contributed by atoms with Crippen LogP contribution in [0.15, 0.2) is 24.3 Å². The Bertz CT molecular complexity index is 665. The number of carbonyl (C=O) groups excluding carboxylic acids is 2. The predicted molar refractivity (Wildman–Crippen MR) is 77.9 cm³/mol. The van der Waals surface area contributed by atoms with E-state index in [1.807, 2.05) is 0 Å². The average Bonchev–Trinajstić information content (AvgIpc) is 3.07. The number of β-amino-alcohol motifs (C(OH)–C–C–N with tert-alkyl or cyclic N) is 1. The van der Waals surface area contributed by atoms with E-state index in [2.05, 4.69) is 0 Å². The van der Waals surface area contributed by atoms with E-state index in [0.29, 0.717) is 13.0 Å². The number of carbonyl (C=O) groups is 2. The summed E-state index contributed by atoms with van der Waals surface area (Å²) in [6, 6.07) is 3.29. The summed E-state index contributed by atoms with van der Waals surface area (Å²) >= 11 is 0. The van der Waals surface area contributed by atoms with Crippen molar-refractivity contribution >= 4 is 11.9 Å². The third-order valence-electron chi connectivity index (χ3n) is 4.56. The number of fused-ring (bicyclic) bond motifs is 1. The molecule has 2 unspecified atom stereocenters. The number of amides is 3. The highest BCUT2D eigenvalue weighted by molar-refractivity contribution is 6.04. The van der Waals surface area contributed by atoms with Crippen LogP contribution in [0.25, 0.3) is 0 Å². The second kappa shape index (κ2) is 5.47. The molecule has 8 heteroatoms. The van der Waals surface area contributed by atoms with Crippen molar-refractivity contribution in [2.75, 3.05) is 13.1 Å². The molecule has 0 bridgehead atoms. The number of urea groups is 1. The maximum Gasteiger partial charge on any atom is 0.416 e. The van der Waals surface area contributed by atoms with Gasteiger partial charge < -0.3 is 10.0 Å². The molecule has 2 fully saturated rings. The summed E-state index contributed by atoms with van der Waals surface area (Å²) in [6.07, 6.45) is -3.21. The Morgan fingerprint density at radius 1 is 1.25 bits per heavy atom. The van der Waals surface area contributed by atoms with Gasteiger partial charge >= 0.3 is 12.2 Å². The SMILES string of the molecule is CC(O)(CN1C(=O)C2CCCN2C1=O)c1cccc(C(F)(F)F)c1. The van der Waals surface area contributed by atoms with Crippen LogP contribution in [0.5, 0.6) is 0 Å². The zero-order valence-corrected chi connectivity index (χ0v) is 13.0. The van der Waals surface area contributed by atoms with Crippen LogP contribution in [-0.2, 0) is 16.6 Å². The molecule has 1 aromatic rings. The molecule has 0 radical (unpaired) electrons. The molecule has 2 aliphatic heterocycles. The third kappa shape index (κ3) is 2.75. The molecule has 3 amide bonds. The largest absolute Gasteiger partial charge is 0.416 e. The van der Waals surface area contributed by atoms with Crippen molar-refractivity contribution in [1.29, 1.82) is 0 Å². The maximum absolute atomic E-state index is 12.8. The smallest absolute Gasteiger partial charge is 0.384 e. The Kier molecular flexibility index (Phi) is 3.82. The summed E-state index contributed by atoms with van der Waals surface area (Å²) in [7, 11) is 0. The van der Waals surface area contributed by atoms with Gasteiger partial charge in [-0.25, -0.2) is 4.79 Å². The summed E-state index contributed by atoms with van der Waals surface area (Å²) in [5.74, 6) is -0.398. The molecule has 24 heavy (non-hydrogen) atoms. The van der Waals surface area contributed by atoms with Gasteiger partial charge in [0.15, 0.2) is 0 Å². The number of hydrogen-bond acceptors (Lipinski definition) is 3. The quantitative estimate of drug-likeness (QED) is 0.858. The Morgan fingerprint density at radius 3 is 2.54 bits per heavy atom. The molecule has 3 rings (SSSR count). The van der Waals surface area contributed by atoms with Crippen molar-refractivity contribution in [1.82, 2.24) is 9.80 Å². The zero-order valence-electron chi connectivity index (χ0n) is 13.0. The van der Waals surface area contributed by atoms with Gasteiger partial charge in [-0.3, -0.25) is 9.69 Å². The highest BCUT2D eigenvalue weighted by Gasteiger charge is 2.49. The minimum Gasteiger partial charge on any atom is -0.384 e. The number of imide groups is 1. The molecule has 0 spiro atoms. The van der Waals surface area contributed by atoms with E-state index in [0.717, 1.165) is 23.5 Å². The monoisotopic (exact) mass is 342 g/mol. The fourth-order valence-electron chi connectivity index (χ4n) is 3.26. The Balaban J connectivity index is 1.84. The summed E-state index contributed by atoms with van der Waals surface area (Å²) in [5, 5.41) is 10.6. The van der Waals surface area contributed by atoms with E-state index in [4.69, 9.17) is 0 Å². The van der Waals surface area contributed by atoms with Gasteiger partial charge in [-0.2, -0.15) is 13.2 Å². The van der Waals surface area contributed by atoms with Crippen LogP contribution in [0.1, 0.15) is 30.9 Å². The number of nitrogens with zero attached hydrogens (tertiary/aromatic N) is 2. The van der Waals surface area contributed by atoms with Gasteiger partial charge in [0.05, 0.1) is 12.1 Å². The van der Waals surface area contributed by atoms with Gasteiger partial charge in [-0.1, -0.05) is 12.1 Å². The molecular weight excluding hydrogens is 325 g/mol. The lowest BCUT2D eigenvalue weighted by Gasteiger charge is -2.29. The van der Waals surface area contributed by atoms with Crippen molar-refractivity contribution in [3.63, 3.8) is 0 Å². The summed E-state index contributed by atoms with van der Waals surface area (Å²) < 4.78 is 38.5. The normalized spacial score (nSPS) is 23.6. The summed E-state index contributed by atoms with van der Waals surface area (Å²) in [5.41, 5.74) is -2.66. The Morgan fingerprint density at radius 2 is 1.92 bits per heavy atom. The molecule has 5 nitrogen and oxygen atoms in total. The number of aliphatic hydroxyl groups is 1. The van der Waals surface area contributed by atoms with Crippen LogP contribution >= 0.6 is 0 Å². The van der Waals surface area contributed by atoms with Gasteiger partial charge in [0.25, 0.3) is 5.91 Å². The van der Waals surface area contributed by atoms with E-state index >= 15 is 0 Å².